The van der Waals surface area contributed by atoms with Gasteiger partial charge < -0.3 is 19.2 Å². The predicted octanol–water partition coefficient (Wildman–Crippen LogP) is 2.93. The molecule has 0 fully saturated rings. The third kappa shape index (κ3) is 4.00. The Morgan fingerprint density at radius 2 is 2.24 bits per heavy atom. The van der Waals surface area contributed by atoms with Crippen LogP contribution in [0.25, 0.3) is 0 Å². The number of rotatable bonds is 6. The van der Waals surface area contributed by atoms with Crippen LogP contribution < -0.4 is 0 Å². The minimum Gasteiger partial charge on any atom is -0.507 e. The lowest BCUT2D eigenvalue weighted by atomic mass is 10.1. The van der Waals surface area contributed by atoms with E-state index >= 15 is 0 Å². The number of carbonyl (C=O) groups excluding carboxylic acids is 1. The van der Waals surface area contributed by atoms with Crippen molar-refractivity contribution in [3.8, 4) is 5.75 Å². The number of aromatic hydroxyl groups is 1. The van der Waals surface area contributed by atoms with E-state index in [0.29, 0.717) is 30.5 Å². The lowest BCUT2D eigenvalue weighted by Crippen LogP contribution is -2.33. The highest BCUT2D eigenvalue weighted by Crippen LogP contribution is 2.24. The zero-order valence-corrected chi connectivity index (χ0v) is 12.3. The van der Waals surface area contributed by atoms with Gasteiger partial charge in [0.05, 0.1) is 25.0 Å². The third-order valence-corrected chi connectivity index (χ3v) is 3.20. The predicted molar refractivity (Wildman–Crippen MR) is 78.4 cm³/mol. The molecule has 0 unspecified atom stereocenters. The first-order chi connectivity index (χ1) is 10.1. The second-order valence-corrected chi connectivity index (χ2v) is 4.90. The monoisotopic (exact) mass is 309 g/mol. The second-order valence-electron chi connectivity index (χ2n) is 4.46. The number of phenolic OH excluding ortho intramolecular Hbond substituents is 1. The van der Waals surface area contributed by atoms with E-state index in [-0.39, 0.29) is 17.2 Å². The molecule has 5 nitrogen and oxygen atoms in total. The zero-order chi connectivity index (χ0) is 15.2. The number of carbonyl (C=O) groups is 1. The summed E-state index contributed by atoms with van der Waals surface area (Å²) in [6.07, 6.45) is 1.55. The van der Waals surface area contributed by atoms with Crippen LogP contribution in [0.4, 0.5) is 0 Å². The van der Waals surface area contributed by atoms with Crippen LogP contribution in [0, 0.1) is 0 Å². The lowest BCUT2D eigenvalue weighted by molar-refractivity contribution is 0.0663. The molecule has 6 heteroatoms. The maximum atomic E-state index is 12.5. The minimum absolute atomic E-state index is 0.144. The van der Waals surface area contributed by atoms with Crippen molar-refractivity contribution in [3.63, 3.8) is 0 Å². The summed E-state index contributed by atoms with van der Waals surface area (Å²) < 4.78 is 10.3. The molecule has 112 valence electrons. The van der Waals surface area contributed by atoms with Crippen LogP contribution >= 0.6 is 11.6 Å². The molecule has 1 N–H and O–H groups in total. The van der Waals surface area contributed by atoms with Crippen molar-refractivity contribution in [2.75, 3.05) is 20.3 Å². The molecule has 1 aromatic carbocycles. The van der Waals surface area contributed by atoms with Gasteiger partial charge >= 0.3 is 0 Å². The topological polar surface area (TPSA) is 62.9 Å². The van der Waals surface area contributed by atoms with Crippen molar-refractivity contribution in [1.82, 2.24) is 4.90 Å². The van der Waals surface area contributed by atoms with Crippen LogP contribution in [-0.2, 0) is 11.3 Å². The molecule has 0 saturated heterocycles. The van der Waals surface area contributed by atoms with Gasteiger partial charge in [0.1, 0.15) is 11.5 Å². The maximum Gasteiger partial charge on any atom is 0.258 e. The van der Waals surface area contributed by atoms with Crippen molar-refractivity contribution in [2.24, 2.45) is 0 Å². The van der Waals surface area contributed by atoms with Gasteiger partial charge in [-0.2, -0.15) is 0 Å². The van der Waals surface area contributed by atoms with E-state index < -0.39 is 0 Å². The normalized spacial score (nSPS) is 10.6. The summed E-state index contributed by atoms with van der Waals surface area (Å²) in [6, 6.07) is 7.96. The van der Waals surface area contributed by atoms with Gasteiger partial charge in [-0.3, -0.25) is 4.79 Å². The van der Waals surface area contributed by atoms with Gasteiger partial charge in [-0.15, -0.1) is 0 Å². The van der Waals surface area contributed by atoms with E-state index in [2.05, 4.69) is 0 Å². The van der Waals surface area contributed by atoms with Gasteiger partial charge in [0.15, 0.2) is 0 Å². The number of halogens is 1. The van der Waals surface area contributed by atoms with Crippen molar-refractivity contribution >= 4 is 17.5 Å². The Labute approximate surface area is 127 Å². The van der Waals surface area contributed by atoms with Crippen LogP contribution in [0.3, 0.4) is 0 Å². The summed E-state index contributed by atoms with van der Waals surface area (Å²) in [4.78, 5) is 14.1. The number of methoxy groups -OCH3 is 1. The first kappa shape index (κ1) is 15.4. The standard InChI is InChI=1S/C15H16ClNO4/c1-20-8-6-17(10-12-3-2-7-21-12)15(19)13-5-4-11(16)9-14(13)18/h2-5,7,9,18H,6,8,10H2,1H3. The first-order valence-electron chi connectivity index (χ1n) is 6.41. The Hall–Kier alpha value is -1.98. The fourth-order valence-corrected chi connectivity index (χ4v) is 2.07. The van der Waals surface area contributed by atoms with Crippen LogP contribution in [0.1, 0.15) is 16.1 Å². The van der Waals surface area contributed by atoms with Crippen LogP contribution in [0.15, 0.2) is 41.0 Å². The average molecular weight is 310 g/mol. The molecule has 2 rings (SSSR count). The Bertz CT molecular complexity index is 598. The van der Waals surface area contributed by atoms with Crippen LogP contribution in [-0.4, -0.2) is 36.2 Å². The van der Waals surface area contributed by atoms with Gasteiger partial charge in [-0.25, -0.2) is 0 Å². The van der Waals surface area contributed by atoms with Crippen molar-refractivity contribution < 1.29 is 19.1 Å². The Morgan fingerprint density at radius 1 is 1.43 bits per heavy atom. The van der Waals surface area contributed by atoms with Crippen LogP contribution in [0.2, 0.25) is 5.02 Å². The Balaban J connectivity index is 2.20. The number of furan rings is 1. The van der Waals surface area contributed by atoms with E-state index in [1.165, 1.54) is 12.1 Å². The summed E-state index contributed by atoms with van der Waals surface area (Å²) in [5.74, 6) is 0.208. The Morgan fingerprint density at radius 3 is 2.86 bits per heavy atom. The zero-order valence-electron chi connectivity index (χ0n) is 11.6. The molecule has 0 radical (unpaired) electrons. The summed E-state index contributed by atoms with van der Waals surface area (Å²) >= 11 is 5.78. The number of ether oxygens (including phenoxy) is 1. The highest BCUT2D eigenvalue weighted by Gasteiger charge is 2.20. The molecule has 1 heterocycles. The molecule has 0 aliphatic rings. The number of hydrogen-bond acceptors (Lipinski definition) is 4. The SMILES string of the molecule is COCCN(Cc1ccco1)C(=O)c1ccc(Cl)cc1O. The number of amides is 1. The lowest BCUT2D eigenvalue weighted by Gasteiger charge is -2.21. The molecule has 0 saturated carbocycles. The largest absolute Gasteiger partial charge is 0.507 e. The first-order valence-corrected chi connectivity index (χ1v) is 6.78. The number of phenols is 1. The van der Waals surface area contributed by atoms with Gasteiger partial charge in [0.2, 0.25) is 0 Å². The van der Waals surface area contributed by atoms with E-state index in [4.69, 9.17) is 20.8 Å². The van der Waals surface area contributed by atoms with Crippen molar-refractivity contribution in [1.29, 1.82) is 0 Å². The molecular formula is C15H16ClNO4. The van der Waals surface area contributed by atoms with Crippen molar-refractivity contribution in [3.05, 3.63) is 52.9 Å². The molecule has 1 aromatic heterocycles. The molecule has 0 spiro atoms. The fourth-order valence-electron chi connectivity index (χ4n) is 1.90. The van der Waals surface area contributed by atoms with Gasteiger partial charge in [-0.1, -0.05) is 11.6 Å². The number of hydrogen-bond donors (Lipinski definition) is 1. The molecule has 0 bridgehead atoms. The minimum atomic E-state index is -0.308. The fraction of sp³-hybridized carbons (Fsp3) is 0.267. The van der Waals surface area contributed by atoms with E-state index in [0.717, 1.165) is 0 Å². The molecule has 2 aromatic rings. The van der Waals surface area contributed by atoms with E-state index in [1.54, 1.807) is 36.5 Å². The molecule has 0 aliphatic carbocycles. The summed E-state index contributed by atoms with van der Waals surface area (Å²) in [6.45, 7) is 1.08. The smallest absolute Gasteiger partial charge is 0.258 e. The highest BCUT2D eigenvalue weighted by molar-refractivity contribution is 6.30. The molecule has 0 atom stereocenters. The van der Waals surface area contributed by atoms with Crippen molar-refractivity contribution in [2.45, 2.75) is 6.54 Å². The summed E-state index contributed by atoms with van der Waals surface area (Å²) in [5.41, 5.74) is 0.196. The number of benzene rings is 1. The van der Waals surface area contributed by atoms with E-state index in [9.17, 15) is 9.90 Å². The molecule has 1 amide bonds. The Kier molecular flexibility index (Phi) is 5.25. The van der Waals surface area contributed by atoms with E-state index in [1.807, 2.05) is 0 Å². The highest BCUT2D eigenvalue weighted by atomic mass is 35.5. The molecular weight excluding hydrogens is 294 g/mol. The van der Waals surface area contributed by atoms with Crippen LogP contribution in [0.5, 0.6) is 5.75 Å². The number of nitrogens with zero attached hydrogens (tertiary/aromatic N) is 1. The van der Waals surface area contributed by atoms with Gasteiger partial charge in [0.25, 0.3) is 5.91 Å². The van der Waals surface area contributed by atoms with Gasteiger partial charge in [0, 0.05) is 18.7 Å². The second kappa shape index (κ2) is 7.15. The molecule has 21 heavy (non-hydrogen) atoms. The quantitative estimate of drug-likeness (QED) is 0.891. The average Bonchev–Trinajstić information content (AvgIpc) is 2.95. The van der Waals surface area contributed by atoms with Gasteiger partial charge in [-0.05, 0) is 30.3 Å². The third-order valence-electron chi connectivity index (χ3n) is 2.97. The molecule has 0 aliphatic heterocycles. The maximum absolute atomic E-state index is 12.5. The summed E-state index contributed by atoms with van der Waals surface area (Å²) in [7, 11) is 1.56. The summed E-state index contributed by atoms with van der Waals surface area (Å²) in [5, 5.41) is 10.2.